The van der Waals surface area contributed by atoms with E-state index in [9.17, 15) is 4.79 Å². The van der Waals surface area contributed by atoms with E-state index in [0.717, 1.165) is 5.56 Å². The summed E-state index contributed by atoms with van der Waals surface area (Å²) in [4.78, 5) is 20.3. The lowest BCUT2D eigenvalue weighted by Crippen LogP contribution is -2.02. The van der Waals surface area contributed by atoms with Gasteiger partial charge in [-0.2, -0.15) is 0 Å². The molecule has 2 aromatic rings. The van der Waals surface area contributed by atoms with Gasteiger partial charge in [0.15, 0.2) is 0 Å². The summed E-state index contributed by atoms with van der Waals surface area (Å²) in [5.74, 6) is -0.398. The summed E-state index contributed by atoms with van der Waals surface area (Å²) >= 11 is 0. The van der Waals surface area contributed by atoms with Crippen molar-refractivity contribution in [2.75, 3.05) is 0 Å². The van der Waals surface area contributed by atoms with E-state index in [4.69, 9.17) is 4.84 Å². The zero-order valence-electron chi connectivity index (χ0n) is 10.6. The molecule has 1 unspecified atom stereocenters. The summed E-state index contributed by atoms with van der Waals surface area (Å²) in [7, 11) is 0. The van der Waals surface area contributed by atoms with E-state index >= 15 is 0 Å². The SMILES string of the molecule is CC(/C=N/OC(=O)c1ccncc1)c1ccccc1. The molecule has 0 bridgehead atoms. The fourth-order valence-electron chi connectivity index (χ4n) is 1.55. The molecule has 0 saturated heterocycles. The highest BCUT2D eigenvalue weighted by atomic mass is 16.7. The van der Waals surface area contributed by atoms with Crippen molar-refractivity contribution in [3.05, 3.63) is 66.0 Å². The minimum absolute atomic E-state index is 0.0893. The number of benzene rings is 1. The second-order valence-corrected chi connectivity index (χ2v) is 4.07. The van der Waals surface area contributed by atoms with Crippen molar-refractivity contribution in [3.8, 4) is 0 Å². The van der Waals surface area contributed by atoms with Crippen LogP contribution in [-0.2, 0) is 4.84 Å². The van der Waals surface area contributed by atoms with Crippen molar-refractivity contribution in [1.29, 1.82) is 0 Å². The Morgan fingerprint density at radius 1 is 1.21 bits per heavy atom. The van der Waals surface area contributed by atoms with Gasteiger partial charge in [0.2, 0.25) is 0 Å². The van der Waals surface area contributed by atoms with Crippen LogP contribution in [0.25, 0.3) is 0 Å². The first-order chi connectivity index (χ1) is 9.27. The van der Waals surface area contributed by atoms with Crippen LogP contribution < -0.4 is 0 Å². The second kappa shape index (κ2) is 6.44. The molecule has 96 valence electrons. The number of nitrogens with zero attached hydrogens (tertiary/aromatic N) is 2. The van der Waals surface area contributed by atoms with Crippen LogP contribution in [0.2, 0.25) is 0 Å². The van der Waals surface area contributed by atoms with E-state index in [0.29, 0.717) is 5.56 Å². The van der Waals surface area contributed by atoms with Gasteiger partial charge >= 0.3 is 5.97 Å². The van der Waals surface area contributed by atoms with Crippen LogP contribution in [0.4, 0.5) is 0 Å². The highest BCUT2D eigenvalue weighted by molar-refractivity contribution is 5.89. The molecule has 0 aliphatic rings. The summed E-state index contributed by atoms with van der Waals surface area (Å²) in [6.07, 6.45) is 4.67. The Morgan fingerprint density at radius 3 is 2.58 bits per heavy atom. The molecule has 1 aromatic carbocycles. The Kier molecular flexibility index (Phi) is 4.39. The van der Waals surface area contributed by atoms with Crippen LogP contribution >= 0.6 is 0 Å². The Balaban J connectivity index is 1.92. The molecule has 19 heavy (non-hydrogen) atoms. The minimum Gasteiger partial charge on any atom is -0.313 e. The molecule has 0 saturated carbocycles. The van der Waals surface area contributed by atoms with E-state index in [1.54, 1.807) is 18.3 Å². The average molecular weight is 254 g/mol. The van der Waals surface area contributed by atoms with E-state index in [1.807, 2.05) is 37.3 Å². The first-order valence-electron chi connectivity index (χ1n) is 5.97. The number of hydrogen-bond donors (Lipinski definition) is 0. The van der Waals surface area contributed by atoms with Gasteiger partial charge in [0.25, 0.3) is 0 Å². The number of rotatable bonds is 4. The van der Waals surface area contributed by atoms with Crippen LogP contribution in [0.1, 0.15) is 28.8 Å². The zero-order chi connectivity index (χ0) is 13.5. The number of pyridine rings is 1. The fourth-order valence-corrected chi connectivity index (χ4v) is 1.55. The topological polar surface area (TPSA) is 51.5 Å². The molecule has 0 aliphatic carbocycles. The summed E-state index contributed by atoms with van der Waals surface area (Å²) < 4.78 is 0. The summed E-state index contributed by atoms with van der Waals surface area (Å²) in [6.45, 7) is 1.99. The predicted octanol–water partition coefficient (Wildman–Crippen LogP) is 3.03. The Morgan fingerprint density at radius 2 is 1.89 bits per heavy atom. The maximum atomic E-state index is 11.6. The summed E-state index contributed by atoms with van der Waals surface area (Å²) in [5.41, 5.74) is 1.55. The molecular weight excluding hydrogens is 240 g/mol. The third kappa shape index (κ3) is 3.74. The molecule has 0 spiro atoms. The van der Waals surface area contributed by atoms with Gasteiger partial charge in [-0.15, -0.1) is 0 Å². The molecule has 0 fully saturated rings. The number of oxime groups is 1. The van der Waals surface area contributed by atoms with Gasteiger partial charge in [0, 0.05) is 18.3 Å². The lowest BCUT2D eigenvalue weighted by molar-refractivity contribution is 0.0517. The van der Waals surface area contributed by atoms with Gasteiger partial charge in [-0.3, -0.25) is 4.98 Å². The summed E-state index contributed by atoms with van der Waals surface area (Å²) in [5, 5.41) is 3.73. The molecule has 1 heterocycles. The smallest absolute Gasteiger partial charge is 0.313 e. The highest BCUT2D eigenvalue weighted by Gasteiger charge is 2.06. The van der Waals surface area contributed by atoms with E-state index in [-0.39, 0.29) is 5.92 Å². The number of carbonyl (C=O) groups is 1. The van der Waals surface area contributed by atoms with Crippen LogP contribution in [0, 0.1) is 0 Å². The van der Waals surface area contributed by atoms with Gasteiger partial charge in [0.1, 0.15) is 0 Å². The van der Waals surface area contributed by atoms with Crippen LogP contribution in [0.15, 0.2) is 60.0 Å². The van der Waals surface area contributed by atoms with E-state index < -0.39 is 5.97 Å². The maximum Gasteiger partial charge on any atom is 0.365 e. The van der Waals surface area contributed by atoms with Gasteiger partial charge in [-0.05, 0) is 17.7 Å². The maximum absolute atomic E-state index is 11.6. The molecule has 0 aliphatic heterocycles. The van der Waals surface area contributed by atoms with Crippen molar-refractivity contribution in [3.63, 3.8) is 0 Å². The lowest BCUT2D eigenvalue weighted by atomic mass is 10.0. The largest absolute Gasteiger partial charge is 0.365 e. The second-order valence-electron chi connectivity index (χ2n) is 4.07. The third-order valence-electron chi connectivity index (χ3n) is 2.66. The first-order valence-corrected chi connectivity index (χ1v) is 5.97. The van der Waals surface area contributed by atoms with Crippen molar-refractivity contribution < 1.29 is 9.63 Å². The number of carbonyl (C=O) groups excluding carboxylic acids is 1. The Hall–Kier alpha value is -2.49. The van der Waals surface area contributed by atoms with Crippen LogP contribution in [-0.4, -0.2) is 17.2 Å². The normalized spacial score (nSPS) is 12.3. The third-order valence-corrected chi connectivity index (χ3v) is 2.66. The van der Waals surface area contributed by atoms with Crippen LogP contribution in [0.5, 0.6) is 0 Å². The number of hydrogen-bond acceptors (Lipinski definition) is 4. The number of aromatic nitrogens is 1. The Labute approximate surface area is 111 Å². The van der Waals surface area contributed by atoms with Crippen molar-refractivity contribution in [2.24, 2.45) is 5.16 Å². The fraction of sp³-hybridized carbons (Fsp3) is 0.133. The van der Waals surface area contributed by atoms with Crippen LogP contribution in [0.3, 0.4) is 0 Å². The van der Waals surface area contributed by atoms with Gasteiger partial charge in [-0.1, -0.05) is 42.4 Å². The molecule has 0 radical (unpaired) electrons. The standard InChI is InChI=1S/C15H14N2O2/c1-12(13-5-3-2-4-6-13)11-17-19-15(18)14-7-9-16-10-8-14/h2-12H,1H3/b17-11+. The van der Waals surface area contributed by atoms with Crippen molar-refractivity contribution in [2.45, 2.75) is 12.8 Å². The van der Waals surface area contributed by atoms with Crippen molar-refractivity contribution >= 4 is 12.2 Å². The molecule has 4 heteroatoms. The first kappa shape index (κ1) is 13.0. The molecular formula is C15H14N2O2. The van der Waals surface area contributed by atoms with E-state index in [2.05, 4.69) is 10.1 Å². The predicted molar refractivity (Wildman–Crippen MR) is 73.0 cm³/mol. The van der Waals surface area contributed by atoms with Gasteiger partial charge in [-0.25, -0.2) is 4.79 Å². The molecule has 0 N–H and O–H groups in total. The molecule has 2 rings (SSSR count). The van der Waals surface area contributed by atoms with Crippen molar-refractivity contribution in [1.82, 2.24) is 4.98 Å². The quantitative estimate of drug-likeness (QED) is 0.478. The Bertz CT molecular complexity index is 553. The zero-order valence-corrected chi connectivity index (χ0v) is 10.6. The van der Waals surface area contributed by atoms with Gasteiger partial charge in [0.05, 0.1) is 11.8 Å². The lowest BCUT2D eigenvalue weighted by Gasteiger charge is -2.04. The molecule has 1 aromatic heterocycles. The van der Waals surface area contributed by atoms with E-state index in [1.165, 1.54) is 12.4 Å². The molecule has 4 nitrogen and oxygen atoms in total. The molecule has 1 atom stereocenters. The highest BCUT2D eigenvalue weighted by Crippen LogP contribution is 2.12. The summed E-state index contributed by atoms with van der Waals surface area (Å²) in [6, 6.07) is 13.0. The monoisotopic (exact) mass is 254 g/mol. The minimum atomic E-state index is -0.487. The average Bonchev–Trinajstić information content (AvgIpc) is 2.49. The molecule has 0 amide bonds. The van der Waals surface area contributed by atoms with Gasteiger partial charge < -0.3 is 4.84 Å².